The Morgan fingerprint density at radius 1 is 0.943 bits per heavy atom. The minimum atomic E-state index is -0.863. The largest absolute Gasteiger partial charge is 0.481 e. The van der Waals surface area contributed by atoms with Crippen molar-refractivity contribution in [3.8, 4) is 11.1 Å². The third kappa shape index (κ3) is 5.84. The molecule has 0 heterocycles. The van der Waals surface area contributed by atoms with Crippen LogP contribution in [-0.4, -0.2) is 42.8 Å². The van der Waals surface area contributed by atoms with E-state index < -0.39 is 17.5 Å². The summed E-state index contributed by atoms with van der Waals surface area (Å²) in [7, 11) is 0. The van der Waals surface area contributed by atoms with E-state index in [0.717, 1.165) is 12.8 Å². The molecule has 35 heavy (non-hydrogen) atoms. The summed E-state index contributed by atoms with van der Waals surface area (Å²) in [4.78, 5) is 35.6. The second-order valence-corrected chi connectivity index (χ2v) is 10.4. The number of carbonyl (C=O) groups excluding carboxylic acids is 2. The lowest BCUT2D eigenvalue weighted by Gasteiger charge is -2.35. The van der Waals surface area contributed by atoms with E-state index in [2.05, 4.69) is 34.9 Å². The summed E-state index contributed by atoms with van der Waals surface area (Å²) in [5, 5.41) is 14.8. The number of fused-ring (bicyclic) bond motifs is 3. The van der Waals surface area contributed by atoms with E-state index in [1.165, 1.54) is 22.3 Å². The first-order chi connectivity index (χ1) is 16.7. The van der Waals surface area contributed by atoms with Gasteiger partial charge in [-0.25, -0.2) is 4.79 Å². The zero-order chi connectivity index (χ0) is 25.0. The molecule has 2 aliphatic carbocycles. The van der Waals surface area contributed by atoms with Crippen LogP contribution in [0.15, 0.2) is 48.5 Å². The van der Waals surface area contributed by atoms with Gasteiger partial charge in [-0.15, -0.1) is 0 Å². The number of carbonyl (C=O) groups is 3. The number of hydrogen-bond acceptors (Lipinski definition) is 4. The normalized spacial score (nSPS) is 18.7. The number of rotatable bonds is 10. The Balaban J connectivity index is 1.13. The molecule has 3 N–H and O–H groups in total. The highest BCUT2D eigenvalue weighted by Gasteiger charge is 2.32. The van der Waals surface area contributed by atoms with E-state index in [4.69, 9.17) is 9.84 Å². The second-order valence-electron chi connectivity index (χ2n) is 10.4. The molecular weight excluding hydrogens is 444 g/mol. The molecule has 7 nitrogen and oxygen atoms in total. The molecular formula is C28H34N2O5. The fourth-order valence-corrected chi connectivity index (χ4v) is 5.04. The number of benzene rings is 2. The fourth-order valence-electron chi connectivity index (χ4n) is 5.04. The second kappa shape index (κ2) is 10.5. The number of nitrogens with one attached hydrogen (secondary N) is 2. The van der Waals surface area contributed by atoms with Crippen molar-refractivity contribution in [1.29, 1.82) is 0 Å². The smallest absolute Gasteiger partial charge is 0.407 e. The molecule has 0 aromatic heterocycles. The van der Waals surface area contributed by atoms with Crippen LogP contribution in [-0.2, 0) is 14.3 Å². The van der Waals surface area contributed by atoms with E-state index in [9.17, 15) is 14.4 Å². The Morgan fingerprint density at radius 2 is 1.54 bits per heavy atom. The van der Waals surface area contributed by atoms with Crippen molar-refractivity contribution < 1.29 is 24.2 Å². The van der Waals surface area contributed by atoms with Crippen LogP contribution in [0.3, 0.4) is 0 Å². The van der Waals surface area contributed by atoms with Gasteiger partial charge in [0.15, 0.2) is 0 Å². The molecule has 0 aliphatic heterocycles. The molecule has 0 radical (unpaired) electrons. The van der Waals surface area contributed by atoms with Crippen LogP contribution in [0, 0.1) is 17.3 Å². The van der Waals surface area contributed by atoms with Gasteiger partial charge in [0.2, 0.25) is 5.91 Å². The predicted octanol–water partition coefficient (Wildman–Crippen LogP) is 4.56. The van der Waals surface area contributed by atoms with Gasteiger partial charge in [0, 0.05) is 25.4 Å². The van der Waals surface area contributed by atoms with E-state index in [1.807, 2.05) is 24.3 Å². The molecule has 0 unspecified atom stereocenters. The molecule has 186 valence electrons. The van der Waals surface area contributed by atoms with Gasteiger partial charge >= 0.3 is 12.1 Å². The highest BCUT2D eigenvalue weighted by Crippen LogP contribution is 2.44. The minimum absolute atomic E-state index is 0.0424. The summed E-state index contributed by atoms with van der Waals surface area (Å²) < 4.78 is 5.58. The third-order valence-corrected chi connectivity index (χ3v) is 7.34. The summed E-state index contributed by atoms with van der Waals surface area (Å²) in [5.41, 5.74) is 3.93. The highest BCUT2D eigenvalue weighted by atomic mass is 16.5. The number of carboxylic acid groups (broad SMARTS) is 1. The molecule has 0 saturated heterocycles. The van der Waals surface area contributed by atoms with Crippen LogP contribution in [0.4, 0.5) is 4.79 Å². The number of ether oxygens (including phenoxy) is 1. The number of aliphatic carboxylic acids is 1. The molecule has 7 heteroatoms. The minimum Gasteiger partial charge on any atom is -0.481 e. The Kier molecular flexibility index (Phi) is 7.43. The van der Waals surface area contributed by atoms with Gasteiger partial charge in [0.25, 0.3) is 0 Å². The molecule has 2 amide bonds. The molecule has 1 saturated carbocycles. The van der Waals surface area contributed by atoms with Crippen molar-refractivity contribution in [3.63, 3.8) is 0 Å². The van der Waals surface area contributed by atoms with Crippen molar-refractivity contribution in [3.05, 3.63) is 59.7 Å². The first-order valence-corrected chi connectivity index (χ1v) is 12.3. The average molecular weight is 479 g/mol. The quantitative estimate of drug-likeness (QED) is 0.464. The van der Waals surface area contributed by atoms with Crippen molar-refractivity contribution in [1.82, 2.24) is 10.6 Å². The van der Waals surface area contributed by atoms with E-state index in [1.54, 1.807) is 13.8 Å². The van der Waals surface area contributed by atoms with Gasteiger partial charge in [-0.2, -0.15) is 0 Å². The fraction of sp³-hybridized carbons (Fsp3) is 0.464. The monoisotopic (exact) mass is 478 g/mol. The van der Waals surface area contributed by atoms with Gasteiger partial charge in [0.1, 0.15) is 6.61 Å². The molecule has 2 aromatic rings. The summed E-state index contributed by atoms with van der Waals surface area (Å²) in [5.74, 6) is -0.214. The van der Waals surface area contributed by atoms with E-state index >= 15 is 0 Å². The molecule has 0 atom stereocenters. The van der Waals surface area contributed by atoms with Crippen molar-refractivity contribution in [2.75, 3.05) is 19.7 Å². The SMILES string of the molecule is CC(C)(CCNC(=O)CC1CC(CNC(=O)OCC2c3ccccc3-c3ccccc32)C1)C(=O)O. The topological polar surface area (TPSA) is 105 Å². The first-order valence-electron chi connectivity index (χ1n) is 12.3. The number of carboxylic acids is 1. The highest BCUT2D eigenvalue weighted by molar-refractivity contribution is 5.79. The lowest BCUT2D eigenvalue weighted by Crippen LogP contribution is -2.39. The van der Waals surface area contributed by atoms with Gasteiger partial charge < -0.3 is 20.5 Å². The summed E-state index contributed by atoms with van der Waals surface area (Å²) in [6.45, 7) is 4.51. The van der Waals surface area contributed by atoms with Gasteiger partial charge in [-0.3, -0.25) is 9.59 Å². The van der Waals surface area contributed by atoms with E-state index in [-0.39, 0.29) is 11.8 Å². The van der Waals surface area contributed by atoms with Crippen molar-refractivity contribution >= 4 is 18.0 Å². The van der Waals surface area contributed by atoms with Gasteiger partial charge in [0.05, 0.1) is 5.41 Å². The van der Waals surface area contributed by atoms with Crippen molar-refractivity contribution in [2.45, 2.75) is 45.4 Å². The predicted molar refractivity (Wildman–Crippen MR) is 133 cm³/mol. The third-order valence-electron chi connectivity index (χ3n) is 7.34. The first kappa shape index (κ1) is 24.8. The number of hydrogen-bond donors (Lipinski definition) is 3. The summed E-state index contributed by atoms with van der Waals surface area (Å²) in [6.07, 6.45) is 2.20. The van der Waals surface area contributed by atoms with Crippen LogP contribution in [0.5, 0.6) is 0 Å². The molecule has 1 fully saturated rings. The average Bonchev–Trinajstić information content (AvgIpc) is 3.12. The van der Waals surface area contributed by atoms with Crippen LogP contribution in [0.25, 0.3) is 11.1 Å². The van der Waals surface area contributed by atoms with Crippen LogP contribution in [0.2, 0.25) is 0 Å². The summed E-state index contributed by atoms with van der Waals surface area (Å²) >= 11 is 0. The van der Waals surface area contributed by atoms with Crippen LogP contribution in [0.1, 0.15) is 56.6 Å². The van der Waals surface area contributed by atoms with Crippen molar-refractivity contribution in [2.24, 2.45) is 17.3 Å². The molecule has 2 aromatic carbocycles. The summed E-state index contributed by atoms with van der Waals surface area (Å²) in [6, 6.07) is 16.5. The zero-order valence-corrected chi connectivity index (χ0v) is 20.4. The van der Waals surface area contributed by atoms with Crippen LogP contribution >= 0.6 is 0 Å². The van der Waals surface area contributed by atoms with Gasteiger partial charge in [-0.1, -0.05) is 48.5 Å². The molecule has 4 rings (SSSR count). The maximum absolute atomic E-state index is 12.3. The van der Waals surface area contributed by atoms with Gasteiger partial charge in [-0.05, 0) is 67.2 Å². The van der Waals surface area contributed by atoms with Crippen LogP contribution < -0.4 is 10.6 Å². The molecule has 0 bridgehead atoms. The lowest BCUT2D eigenvalue weighted by molar-refractivity contribution is -0.147. The Morgan fingerprint density at radius 3 is 2.14 bits per heavy atom. The Hall–Kier alpha value is -3.35. The lowest BCUT2D eigenvalue weighted by atomic mass is 9.73. The maximum atomic E-state index is 12.3. The number of amides is 2. The van der Waals surface area contributed by atoms with E-state index in [0.29, 0.717) is 44.4 Å². The molecule has 2 aliphatic rings. The molecule has 0 spiro atoms. The zero-order valence-electron chi connectivity index (χ0n) is 20.4. The number of alkyl carbamates (subject to hydrolysis) is 1. The Labute approximate surface area is 206 Å². The Bertz CT molecular complexity index is 1040. The maximum Gasteiger partial charge on any atom is 0.407 e. The standard InChI is InChI=1S/C28H34N2O5/c1-28(2,26(32)33)11-12-29-25(31)15-18-13-19(14-18)16-30-27(34)35-17-24-22-9-5-3-7-20(22)21-8-4-6-10-23(21)24/h3-10,18-19,24H,11-17H2,1-2H3,(H,29,31)(H,30,34)(H,32,33).